The number of hydrogen-bond donors (Lipinski definition) is 1. The lowest BCUT2D eigenvalue weighted by Crippen LogP contribution is -2.25. The van der Waals surface area contributed by atoms with Crippen molar-refractivity contribution in [3.8, 4) is 0 Å². The first-order valence-corrected chi connectivity index (χ1v) is 4.32. The molecule has 11 heavy (non-hydrogen) atoms. The Kier molecular flexibility index (Phi) is 2.53. The maximum Gasteiger partial charge on any atom is 0.306 e. The Morgan fingerprint density at radius 2 is 1.64 bits per heavy atom. The average molecular weight is 156 g/mol. The van der Waals surface area contributed by atoms with Gasteiger partial charge in [0.2, 0.25) is 0 Å². The summed E-state index contributed by atoms with van der Waals surface area (Å²) in [6.07, 6.45) is 2.95. The average Bonchev–Trinajstić information content (AvgIpc) is 1.85. The van der Waals surface area contributed by atoms with Gasteiger partial charge in [-0.05, 0) is 31.1 Å². The van der Waals surface area contributed by atoms with Crippen LogP contribution in [0.3, 0.4) is 0 Å². The molecule has 0 radical (unpaired) electrons. The summed E-state index contributed by atoms with van der Waals surface area (Å²) in [5.41, 5.74) is 0. The van der Waals surface area contributed by atoms with Gasteiger partial charge in [0.1, 0.15) is 0 Å². The van der Waals surface area contributed by atoms with Gasteiger partial charge in [-0.3, -0.25) is 4.79 Å². The standard InChI is InChI=1S/C9H16O2/c1-6-3-7(2)5-8(4-6)9(10)11/h6-8H,3-5H2,1-2H3,(H,10,11)/t6-,7+,8-. The number of hydrogen-bond acceptors (Lipinski definition) is 1. The highest BCUT2D eigenvalue weighted by Crippen LogP contribution is 2.32. The van der Waals surface area contributed by atoms with Gasteiger partial charge in [0, 0.05) is 0 Å². The predicted octanol–water partition coefficient (Wildman–Crippen LogP) is 2.14. The number of carbonyl (C=O) groups is 1. The van der Waals surface area contributed by atoms with Crippen molar-refractivity contribution in [1.29, 1.82) is 0 Å². The van der Waals surface area contributed by atoms with E-state index < -0.39 is 5.97 Å². The number of carboxylic acid groups (broad SMARTS) is 1. The quantitative estimate of drug-likeness (QED) is 0.631. The second kappa shape index (κ2) is 3.24. The molecule has 1 aliphatic carbocycles. The SMILES string of the molecule is C[C@@H]1C[C@H](C)C[C@H](C(=O)O)C1. The van der Waals surface area contributed by atoms with Crippen LogP contribution in [0.4, 0.5) is 0 Å². The van der Waals surface area contributed by atoms with Crippen molar-refractivity contribution in [1.82, 2.24) is 0 Å². The first kappa shape index (κ1) is 8.57. The van der Waals surface area contributed by atoms with E-state index in [-0.39, 0.29) is 5.92 Å². The molecule has 2 heteroatoms. The van der Waals surface area contributed by atoms with E-state index in [0.717, 1.165) is 12.8 Å². The topological polar surface area (TPSA) is 37.3 Å². The van der Waals surface area contributed by atoms with E-state index in [9.17, 15) is 4.79 Å². The van der Waals surface area contributed by atoms with Crippen molar-refractivity contribution in [3.05, 3.63) is 0 Å². The van der Waals surface area contributed by atoms with Crippen LogP contribution in [0.15, 0.2) is 0 Å². The van der Waals surface area contributed by atoms with Gasteiger partial charge in [-0.15, -0.1) is 0 Å². The first-order valence-electron chi connectivity index (χ1n) is 4.32. The molecule has 1 fully saturated rings. The normalized spacial score (nSPS) is 38.5. The molecular formula is C9H16O2. The molecule has 0 heterocycles. The highest BCUT2D eigenvalue weighted by atomic mass is 16.4. The molecule has 1 rings (SSSR count). The lowest BCUT2D eigenvalue weighted by Gasteiger charge is -2.28. The molecule has 64 valence electrons. The van der Waals surface area contributed by atoms with Crippen molar-refractivity contribution < 1.29 is 9.90 Å². The van der Waals surface area contributed by atoms with Crippen LogP contribution in [0.1, 0.15) is 33.1 Å². The second-order valence-electron chi connectivity index (χ2n) is 3.95. The summed E-state index contributed by atoms with van der Waals surface area (Å²) in [6.45, 7) is 4.29. The minimum atomic E-state index is -0.608. The molecule has 1 saturated carbocycles. The van der Waals surface area contributed by atoms with Crippen LogP contribution < -0.4 is 0 Å². The Morgan fingerprint density at radius 3 is 2.00 bits per heavy atom. The summed E-state index contributed by atoms with van der Waals surface area (Å²) in [4.78, 5) is 10.6. The van der Waals surface area contributed by atoms with E-state index in [1.165, 1.54) is 6.42 Å². The van der Waals surface area contributed by atoms with E-state index in [2.05, 4.69) is 13.8 Å². The van der Waals surface area contributed by atoms with Crippen LogP contribution in [0.5, 0.6) is 0 Å². The van der Waals surface area contributed by atoms with Crippen LogP contribution >= 0.6 is 0 Å². The van der Waals surface area contributed by atoms with Gasteiger partial charge >= 0.3 is 5.97 Å². The Bertz CT molecular complexity index is 144. The van der Waals surface area contributed by atoms with Crippen LogP contribution in [-0.2, 0) is 4.79 Å². The van der Waals surface area contributed by atoms with Crippen molar-refractivity contribution in [2.24, 2.45) is 17.8 Å². The Morgan fingerprint density at radius 1 is 1.18 bits per heavy atom. The Labute approximate surface area is 67.6 Å². The fraction of sp³-hybridized carbons (Fsp3) is 0.889. The molecule has 0 bridgehead atoms. The molecule has 0 aromatic heterocycles. The molecule has 0 amide bonds. The smallest absolute Gasteiger partial charge is 0.306 e. The van der Waals surface area contributed by atoms with Gasteiger partial charge in [-0.25, -0.2) is 0 Å². The zero-order valence-corrected chi connectivity index (χ0v) is 7.21. The molecule has 3 atom stereocenters. The van der Waals surface area contributed by atoms with Crippen LogP contribution in [0.2, 0.25) is 0 Å². The number of aliphatic carboxylic acids is 1. The lowest BCUT2D eigenvalue weighted by atomic mass is 9.77. The highest BCUT2D eigenvalue weighted by molar-refractivity contribution is 5.70. The van der Waals surface area contributed by atoms with Gasteiger partial charge in [0.25, 0.3) is 0 Å². The Balaban J connectivity index is 2.49. The predicted molar refractivity (Wildman–Crippen MR) is 43.3 cm³/mol. The van der Waals surface area contributed by atoms with Crippen LogP contribution in [0.25, 0.3) is 0 Å². The van der Waals surface area contributed by atoms with Gasteiger partial charge in [-0.1, -0.05) is 13.8 Å². The monoisotopic (exact) mass is 156 g/mol. The minimum Gasteiger partial charge on any atom is -0.481 e. The zero-order chi connectivity index (χ0) is 8.43. The van der Waals surface area contributed by atoms with Crippen LogP contribution in [-0.4, -0.2) is 11.1 Å². The molecule has 0 aromatic rings. The molecule has 0 unspecified atom stereocenters. The molecule has 0 aromatic carbocycles. The lowest BCUT2D eigenvalue weighted by molar-refractivity contribution is -0.143. The van der Waals surface area contributed by atoms with Gasteiger partial charge in [0.15, 0.2) is 0 Å². The van der Waals surface area contributed by atoms with Crippen LogP contribution in [0, 0.1) is 17.8 Å². The largest absolute Gasteiger partial charge is 0.481 e. The van der Waals surface area contributed by atoms with Gasteiger partial charge in [0.05, 0.1) is 5.92 Å². The molecule has 2 nitrogen and oxygen atoms in total. The number of rotatable bonds is 1. The summed E-state index contributed by atoms with van der Waals surface area (Å²) in [5.74, 6) is 0.511. The van der Waals surface area contributed by atoms with Gasteiger partial charge in [-0.2, -0.15) is 0 Å². The summed E-state index contributed by atoms with van der Waals surface area (Å²) >= 11 is 0. The highest BCUT2D eigenvalue weighted by Gasteiger charge is 2.28. The van der Waals surface area contributed by atoms with Crippen molar-refractivity contribution >= 4 is 5.97 Å². The second-order valence-corrected chi connectivity index (χ2v) is 3.95. The summed E-state index contributed by atoms with van der Waals surface area (Å²) < 4.78 is 0. The maximum absolute atomic E-state index is 10.6. The van der Waals surface area contributed by atoms with Crippen molar-refractivity contribution in [2.75, 3.05) is 0 Å². The molecule has 0 aliphatic heterocycles. The van der Waals surface area contributed by atoms with E-state index in [1.54, 1.807) is 0 Å². The summed E-state index contributed by atoms with van der Waals surface area (Å²) in [6, 6.07) is 0. The summed E-state index contributed by atoms with van der Waals surface area (Å²) in [7, 11) is 0. The molecule has 0 saturated heterocycles. The van der Waals surface area contributed by atoms with Gasteiger partial charge < -0.3 is 5.11 Å². The van der Waals surface area contributed by atoms with Crippen molar-refractivity contribution in [3.63, 3.8) is 0 Å². The summed E-state index contributed by atoms with van der Waals surface area (Å²) in [5, 5.41) is 8.77. The molecule has 0 spiro atoms. The zero-order valence-electron chi connectivity index (χ0n) is 7.21. The number of carboxylic acids is 1. The molecule has 1 aliphatic rings. The maximum atomic E-state index is 10.6. The molecule has 1 N–H and O–H groups in total. The third-order valence-electron chi connectivity index (χ3n) is 2.53. The van der Waals surface area contributed by atoms with Crippen molar-refractivity contribution in [2.45, 2.75) is 33.1 Å². The Hall–Kier alpha value is -0.530. The van der Waals surface area contributed by atoms with E-state index in [4.69, 9.17) is 5.11 Å². The fourth-order valence-corrected chi connectivity index (χ4v) is 2.15. The third-order valence-corrected chi connectivity index (χ3v) is 2.53. The van der Waals surface area contributed by atoms with E-state index in [1.807, 2.05) is 0 Å². The minimum absolute atomic E-state index is 0.0752. The molecular weight excluding hydrogens is 140 g/mol. The third kappa shape index (κ3) is 2.21. The van der Waals surface area contributed by atoms with E-state index >= 15 is 0 Å². The fourth-order valence-electron chi connectivity index (χ4n) is 2.15. The van der Waals surface area contributed by atoms with E-state index in [0.29, 0.717) is 11.8 Å². The first-order chi connectivity index (χ1) is 5.09.